The Morgan fingerprint density at radius 2 is 1.88 bits per heavy atom. The van der Waals surface area contributed by atoms with Crippen LogP contribution in [0.5, 0.6) is 5.75 Å². The molecule has 1 aliphatic heterocycles. The molecule has 0 aromatic heterocycles. The van der Waals surface area contributed by atoms with Crippen molar-refractivity contribution in [2.75, 3.05) is 12.0 Å². The average Bonchev–Trinajstić information content (AvgIpc) is 3.07. The first kappa shape index (κ1) is 23.0. The molecule has 1 aliphatic rings. The molecule has 0 radical (unpaired) electrons. The molecule has 1 atom stereocenters. The number of carbonyl (C=O) groups is 4. The van der Waals surface area contributed by atoms with Crippen LogP contribution in [0.2, 0.25) is 5.02 Å². The van der Waals surface area contributed by atoms with Crippen molar-refractivity contribution in [1.29, 1.82) is 0 Å². The highest BCUT2D eigenvalue weighted by molar-refractivity contribution is 6.31. The number of hydrazine groups is 1. The smallest absolute Gasteiger partial charge is 0.269 e. The summed E-state index contributed by atoms with van der Waals surface area (Å²) in [5.41, 5.74) is 3.74. The van der Waals surface area contributed by atoms with Gasteiger partial charge in [0.1, 0.15) is 11.8 Å². The number of hydrogen-bond acceptors (Lipinski definition) is 5. The van der Waals surface area contributed by atoms with Gasteiger partial charge < -0.3 is 4.74 Å². The van der Waals surface area contributed by atoms with E-state index in [4.69, 9.17) is 16.3 Å². The number of hydrogen-bond donors (Lipinski definition) is 1. The number of amides is 4. The van der Waals surface area contributed by atoms with E-state index in [2.05, 4.69) is 5.43 Å². The second kappa shape index (κ2) is 9.65. The van der Waals surface area contributed by atoms with Gasteiger partial charge in [-0.2, -0.15) is 0 Å². The van der Waals surface area contributed by atoms with Crippen LogP contribution in [0.25, 0.3) is 0 Å². The van der Waals surface area contributed by atoms with E-state index in [1.165, 1.54) is 37.5 Å². The van der Waals surface area contributed by atoms with E-state index in [-0.39, 0.29) is 12.0 Å². The second-order valence-electron chi connectivity index (χ2n) is 7.10. The quantitative estimate of drug-likeness (QED) is 0.424. The topological polar surface area (TPSA) is 96.0 Å². The minimum absolute atomic E-state index is 0.253. The van der Waals surface area contributed by atoms with Crippen LogP contribution in [-0.2, 0) is 14.4 Å². The number of nitrogens with one attached hydrogen (secondary N) is 1. The monoisotopic (exact) mass is 455 g/mol. The fourth-order valence-electron chi connectivity index (χ4n) is 3.32. The van der Waals surface area contributed by atoms with E-state index >= 15 is 0 Å². The number of nitrogens with zero attached hydrogens (tertiary/aromatic N) is 2. The van der Waals surface area contributed by atoms with Gasteiger partial charge in [-0.15, -0.1) is 0 Å². The van der Waals surface area contributed by atoms with Crippen LogP contribution in [0.3, 0.4) is 0 Å². The summed E-state index contributed by atoms with van der Waals surface area (Å²) in [4.78, 5) is 52.4. The number of anilines is 1. The normalized spacial score (nSPS) is 15.9. The zero-order valence-electron chi connectivity index (χ0n) is 17.8. The highest BCUT2D eigenvalue weighted by Gasteiger charge is 2.45. The van der Waals surface area contributed by atoms with Gasteiger partial charge in [-0.3, -0.25) is 24.6 Å². The number of aryl methyl sites for hydroxylation is 1. The van der Waals surface area contributed by atoms with Gasteiger partial charge in [0.25, 0.3) is 17.7 Å². The fraction of sp³-hybridized carbons (Fsp3) is 0.217. The summed E-state index contributed by atoms with van der Waals surface area (Å²) < 4.78 is 5.08. The first-order valence-corrected chi connectivity index (χ1v) is 10.2. The largest absolute Gasteiger partial charge is 0.497 e. The van der Waals surface area contributed by atoms with E-state index in [1.54, 1.807) is 38.1 Å². The molecular formula is C23H22ClN3O5. The zero-order valence-corrected chi connectivity index (χ0v) is 18.6. The van der Waals surface area contributed by atoms with Crippen LogP contribution < -0.4 is 15.1 Å². The highest BCUT2D eigenvalue weighted by atomic mass is 35.5. The maximum atomic E-state index is 13.2. The van der Waals surface area contributed by atoms with E-state index in [9.17, 15) is 19.2 Å². The van der Waals surface area contributed by atoms with Gasteiger partial charge in [0.05, 0.1) is 19.2 Å². The molecule has 2 aromatic rings. The van der Waals surface area contributed by atoms with Crippen molar-refractivity contribution in [3.8, 4) is 5.75 Å². The SMILES string of the molecule is CC=CC(=O)N(NC(=O)c1ccc(OC)cc1)C1CC(=O)N(c2cc(Cl)ccc2C)C1=O. The van der Waals surface area contributed by atoms with Crippen molar-refractivity contribution >= 4 is 40.9 Å². The maximum absolute atomic E-state index is 13.2. The van der Waals surface area contributed by atoms with Crippen molar-refractivity contribution in [2.24, 2.45) is 0 Å². The van der Waals surface area contributed by atoms with Crippen molar-refractivity contribution < 1.29 is 23.9 Å². The Labute approximate surface area is 190 Å². The van der Waals surface area contributed by atoms with E-state index in [0.717, 1.165) is 9.91 Å². The number of halogens is 1. The molecule has 1 saturated heterocycles. The Hall–Kier alpha value is -3.65. The average molecular weight is 456 g/mol. The predicted molar refractivity (Wildman–Crippen MR) is 119 cm³/mol. The fourth-order valence-corrected chi connectivity index (χ4v) is 3.49. The standard InChI is InChI=1S/C23H22ClN3O5/c1-4-5-20(28)27(25-22(30)15-7-10-17(32-3)11-8-15)19-13-21(29)26(23(19)31)18-12-16(24)9-6-14(18)2/h4-12,19H,13H2,1-3H3,(H,25,30). The number of allylic oxidation sites excluding steroid dienone is 1. The van der Waals surface area contributed by atoms with Crippen LogP contribution >= 0.6 is 11.6 Å². The molecule has 1 unspecified atom stereocenters. The Balaban J connectivity index is 1.91. The van der Waals surface area contributed by atoms with E-state index < -0.39 is 29.7 Å². The van der Waals surface area contributed by atoms with Crippen LogP contribution in [0.1, 0.15) is 29.3 Å². The molecule has 8 nitrogen and oxygen atoms in total. The van der Waals surface area contributed by atoms with Crippen molar-refractivity contribution in [2.45, 2.75) is 26.3 Å². The molecule has 2 aromatic carbocycles. The Morgan fingerprint density at radius 1 is 1.19 bits per heavy atom. The van der Waals surface area contributed by atoms with Crippen molar-refractivity contribution in [3.63, 3.8) is 0 Å². The van der Waals surface area contributed by atoms with Crippen molar-refractivity contribution in [3.05, 3.63) is 70.8 Å². The molecule has 32 heavy (non-hydrogen) atoms. The molecule has 1 fully saturated rings. The van der Waals surface area contributed by atoms with Crippen LogP contribution in [-0.4, -0.2) is 41.8 Å². The number of methoxy groups -OCH3 is 1. The number of rotatable bonds is 5. The summed E-state index contributed by atoms with van der Waals surface area (Å²) in [7, 11) is 1.50. The third kappa shape index (κ3) is 4.65. The third-order valence-electron chi connectivity index (χ3n) is 4.97. The van der Waals surface area contributed by atoms with Crippen LogP contribution in [0, 0.1) is 6.92 Å². The molecule has 0 saturated carbocycles. The number of imide groups is 1. The minimum atomic E-state index is -1.20. The first-order chi connectivity index (χ1) is 15.3. The lowest BCUT2D eigenvalue weighted by atomic mass is 10.2. The molecule has 9 heteroatoms. The summed E-state index contributed by atoms with van der Waals surface area (Å²) in [6.45, 7) is 3.37. The second-order valence-corrected chi connectivity index (χ2v) is 7.53. The van der Waals surface area contributed by atoms with Gasteiger partial charge in [-0.25, -0.2) is 9.91 Å². The Kier molecular flexibility index (Phi) is 6.95. The van der Waals surface area contributed by atoms with Gasteiger partial charge in [0.2, 0.25) is 5.91 Å². The predicted octanol–water partition coefficient (Wildman–Crippen LogP) is 3.04. The molecule has 4 amide bonds. The summed E-state index contributed by atoms with van der Waals surface area (Å²) >= 11 is 6.05. The summed E-state index contributed by atoms with van der Waals surface area (Å²) in [5, 5.41) is 1.26. The summed E-state index contributed by atoms with van der Waals surface area (Å²) in [6.07, 6.45) is 2.41. The zero-order chi connectivity index (χ0) is 23.4. The molecule has 1 heterocycles. The molecule has 0 bridgehead atoms. The lowest BCUT2D eigenvalue weighted by Gasteiger charge is -2.27. The molecule has 166 valence electrons. The third-order valence-corrected chi connectivity index (χ3v) is 5.20. The first-order valence-electron chi connectivity index (χ1n) is 9.80. The maximum Gasteiger partial charge on any atom is 0.269 e. The van der Waals surface area contributed by atoms with Gasteiger partial charge in [-0.1, -0.05) is 23.7 Å². The molecule has 0 spiro atoms. The van der Waals surface area contributed by atoms with E-state index in [1.807, 2.05) is 0 Å². The molecule has 1 N–H and O–H groups in total. The van der Waals surface area contributed by atoms with Crippen LogP contribution in [0.15, 0.2) is 54.6 Å². The Morgan fingerprint density at radius 3 is 2.50 bits per heavy atom. The van der Waals surface area contributed by atoms with Gasteiger partial charge in [0, 0.05) is 16.7 Å². The van der Waals surface area contributed by atoms with E-state index in [0.29, 0.717) is 22.0 Å². The van der Waals surface area contributed by atoms with Gasteiger partial charge in [0.15, 0.2) is 0 Å². The summed E-state index contributed by atoms with van der Waals surface area (Å²) in [5.74, 6) is -1.81. The summed E-state index contributed by atoms with van der Waals surface area (Å²) in [6, 6.07) is 9.91. The number of benzene rings is 2. The van der Waals surface area contributed by atoms with Gasteiger partial charge in [-0.05, 0) is 55.8 Å². The Bertz CT molecular complexity index is 1100. The van der Waals surface area contributed by atoms with Gasteiger partial charge >= 0.3 is 0 Å². The van der Waals surface area contributed by atoms with Crippen LogP contribution in [0.4, 0.5) is 5.69 Å². The lowest BCUT2D eigenvalue weighted by Crippen LogP contribution is -2.54. The molecular weight excluding hydrogens is 434 g/mol. The highest BCUT2D eigenvalue weighted by Crippen LogP contribution is 2.30. The number of carbonyl (C=O) groups excluding carboxylic acids is 4. The van der Waals surface area contributed by atoms with Crippen molar-refractivity contribution in [1.82, 2.24) is 10.4 Å². The molecule has 0 aliphatic carbocycles. The minimum Gasteiger partial charge on any atom is -0.497 e. The molecule has 3 rings (SSSR count). The lowest BCUT2D eigenvalue weighted by molar-refractivity contribution is -0.137. The number of ether oxygens (including phenoxy) is 1.